The van der Waals surface area contributed by atoms with Crippen molar-refractivity contribution in [2.75, 3.05) is 18.0 Å². The van der Waals surface area contributed by atoms with Gasteiger partial charge in [0.1, 0.15) is 0 Å². The Bertz CT molecular complexity index is 491. The zero-order valence-corrected chi connectivity index (χ0v) is 10.2. The molecule has 1 saturated heterocycles. The van der Waals surface area contributed by atoms with E-state index in [1.165, 1.54) is 11.1 Å². The minimum atomic E-state index is -4.46. The molecule has 2 atom stereocenters. The van der Waals surface area contributed by atoms with E-state index in [9.17, 15) is 18.0 Å². The highest BCUT2D eigenvalue weighted by Gasteiger charge is 2.52. The maximum atomic E-state index is 12.9. The number of hydrogen-bond donors (Lipinski definition) is 1. The summed E-state index contributed by atoms with van der Waals surface area (Å²) in [6.45, 7) is 1.26. The summed E-state index contributed by atoms with van der Waals surface area (Å²) in [6, 6.07) is 1.65. The van der Waals surface area contributed by atoms with Gasteiger partial charge < -0.3 is 10.6 Å². The lowest BCUT2D eigenvalue weighted by Crippen LogP contribution is -2.37. The Morgan fingerprint density at radius 2 is 2.16 bits per heavy atom. The third-order valence-corrected chi connectivity index (χ3v) is 3.17. The van der Waals surface area contributed by atoms with E-state index in [-0.39, 0.29) is 19.0 Å². The van der Waals surface area contributed by atoms with Gasteiger partial charge in [0, 0.05) is 25.0 Å². The molecule has 19 heavy (non-hydrogen) atoms. The monoisotopic (exact) mass is 274 g/mol. The Balaban J connectivity index is 2.25. The lowest BCUT2D eigenvalue weighted by Gasteiger charge is -2.18. The first-order chi connectivity index (χ1) is 8.79. The second-order valence-corrected chi connectivity index (χ2v) is 4.56. The van der Waals surface area contributed by atoms with Crippen molar-refractivity contribution in [3.63, 3.8) is 0 Å². The number of nitrogens with two attached hydrogens (primary N) is 1. The molecule has 1 aliphatic rings. The molecule has 2 rings (SSSR count). The van der Waals surface area contributed by atoms with Gasteiger partial charge in [0.15, 0.2) is 0 Å². The van der Waals surface area contributed by atoms with Crippen LogP contribution in [0, 0.1) is 18.8 Å². The summed E-state index contributed by atoms with van der Waals surface area (Å²) < 4.78 is 38.6. The third kappa shape index (κ3) is 2.77. The van der Waals surface area contributed by atoms with Crippen molar-refractivity contribution in [2.45, 2.75) is 13.1 Å². The summed E-state index contributed by atoms with van der Waals surface area (Å²) in [5.41, 5.74) is 5.70. The van der Waals surface area contributed by atoms with Gasteiger partial charge in [0.2, 0.25) is 11.9 Å². The van der Waals surface area contributed by atoms with Crippen molar-refractivity contribution in [1.82, 2.24) is 9.97 Å². The molecular weight excluding hydrogens is 261 g/mol. The Morgan fingerprint density at radius 1 is 1.47 bits per heavy atom. The zero-order chi connectivity index (χ0) is 14.2. The molecule has 0 aromatic carbocycles. The molecule has 0 radical (unpaired) electrons. The molecule has 0 unspecified atom stereocenters. The number of halogens is 3. The molecule has 8 heteroatoms. The molecule has 104 valence electrons. The quantitative estimate of drug-likeness (QED) is 0.869. The fourth-order valence-electron chi connectivity index (χ4n) is 2.18. The molecule has 2 heterocycles. The number of carbonyl (C=O) groups is 1. The van der Waals surface area contributed by atoms with E-state index in [4.69, 9.17) is 5.73 Å². The molecule has 1 aromatic heterocycles. The number of aryl methyl sites for hydroxylation is 1. The lowest BCUT2D eigenvalue weighted by molar-refractivity contribution is -0.181. The van der Waals surface area contributed by atoms with Crippen LogP contribution in [0.4, 0.5) is 19.1 Å². The Kier molecular flexibility index (Phi) is 3.34. The number of amides is 1. The van der Waals surface area contributed by atoms with E-state index in [0.717, 1.165) is 0 Å². The predicted molar refractivity (Wildman–Crippen MR) is 61.2 cm³/mol. The maximum Gasteiger partial charge on any atom is 0.394 e. The lowest BCUT2D eigenvalue weighted by atomic mass is 9.95. The summed E-state index contributed by atoms with van der Waals surface area (Å²) in [7, 11) is 0. The highest BCUT2D eigenvalue weighted by Crippen LogP contribution is 2.38. The Morgan fingerprint density at radius 3 is 2.63 bits per heavy atom. The Labute approximate surface area is 107 Å². The van der Waals surface area contributed by atoms with Crippen LogP contribution in [0.3, 0.4) is 0 Å². The van der Waals surface area contributed by atoms with Crippen LogP contribution < -0.4 is 10.6 Å². The van der Waals surface area contributed by atoms with Gasteiger partial charge in [-0.3, -0.25) is 4.79 Å². The number of aromatic nitrogens is 2. The molecule has 0 saturated carbocycles. The first-order valence-corrected chi connectivity index (χ1v) is 5.69. The molecule has 0 spiro atoms. The van der Waals surface area contributed by atoms with Crippen molar-refractivity contribution >= 4 is 11.9 Å². The molecule has 1 aliphatic heterocycles. The zero-order valence-electron chi connectivity index (χ0n) is 10.2. The molecule has 1 aromatic rings. The topological polar surface area (TPSA) is 72.1 Å². The Hall–Kier alpha value is -1.86. The van der Waals surface area contributed by atoms with Gasteiger partial charge in [0.25, 0.3) is 0 Å². The van der Waals surface area contributed by atoms with E-state index in [0.29, 0.717) is 5.69 Å². The predicted octanol–water partition coefficient (Wildman–Crippen LogP) is 0.885. The smallest absolute Gasteiger partial charge is 0.369 e. The van der Waals surface area contributed by atoms with Crippen LogP contribution in [0.1, 0.15) is 5.69 Å². The van der Waals surface area contributed by atoms with Crippen LogP contribution in [-0.2, 0) is 4.79 Å². The molecule has 0 bridgehead atoms. The van der Waals surface area contributed by atoms with Crippen molar-refractivity contribution in [1.29, 1.82) is 0 Å². The van der Waals surface area contributed by atoms with Crippen molar-refractivity contribution < 1.29 is 18.0 Å². The van der Waals surface area contributed by atoms with Crippen molar-refractivity contribution in [3.05, 3.63) is 18.0 Å². The number of rotatable bonds is 2. The average Bonchev–Trinajstić information content (AvgIpc) is 2.73. The number of carbonyl (C=O) groups excluding carboxylic acids is 1. The number of nitrogens with zero attached hydrogens (tertiary/aromatic N) is 3. The van der Waals surface area contributed by atoms with Crippen LogP contribution in [0.5, 0.6) is 0 Å². The first-order valence-electron chi connectivity index (χ1n) is 5.69. The molecule has 2 N–H and O–H groups in total. The van der Waals surface area contributed by atoms with E-state index >= 15 is 0 Å². The second-order valence-electron chi connectivity index (χ2n) is 4.56. The number of primary amides is 1. The minimum absolute atomic E-state index is 0.108. The van der Waals surface area contributed by atoms with E-state index < -0.39 is 23.9 Å². The summed E-state index contributed by atoms with van der Waals surface area (Å²) >= 11 is 0. The third-order valence-electron chi connectivity index (χ3n) is 3.17. The van der Waals surface area contributed by atoms with Gasteiger partial charge in [-0.1, -0.05) is 0 Å². The fourth-order valence-corrected chi connectivity index (χ4v) is 2.18. The molecule has 1 amide bonds. The largest absolute Gasteiger partial charge is 0.394 e. The first kappa shape index (κ1) is 13.6. The van der Waals surface area contributed by atoms with Gasteiger partial charge in [0.05, 0.1) is 11.8 Å². The van der Waals surface area contributed by atoms with E-state index in [2.05, 4.69) is 9.97 Å². The second kappa shape index (κ2) is 4.67. The minimum Gasteiger partial charge on any atom is -0.369 e. The molecule has 1 fully saturated rings. The fraction of sp³-hybridized carbons (Fsp3) is 0.545. The van der Waals surface area contributed by atoms with Crippen LogP contribution in [0.15, 0.2) is 12.3 Å². The summed E-state index contributed by atoms with van der Waals surface area (Å²) in [6.07, 6.45) is -2.99. The normalized spacial score (nSPS) is 23.7. The number of hydrogen-bond acceptors (Lipinski definition) is 4. The molecule has 5 nitrogen and oxygen atoms in total. The SMILES string of the molecule is Cc1ccnc(N2C[C@@H](C(F)(F)F)[C@H](C(N)=O)C2)n1. The van der Waals surface area contributed by atoms with Crippen LogP contribution in [-0.4, -0.2) is 35.1 Å². The highest BCUT2D eigenvalue weighted by molar-refractivity contribution is 5.78. The average molecular weight is 274 g/mol. The van der Waals surface area contributed by atoms with Crippen molar-refractivity contribution in [3.8, 4) is 0 Å². The van der Waals surface area contributed by atoms with Gasteiger partial charge in [-0.15, -0.1) is 0 Å². The van der Waals surface area contributed by atoms with Crippen molar-refractivity contribution in [2.24, 2.45) is 17.6 Å². The highest BCUT2D eigenvalue weighted by atomic mass is 19.4. The van der Waals surface area contributed by atoms with Crippen LogP contribution >= 0.6 is 0 Å². The standard InChI is InChI=1S/C11H13F3N4O/c1-6-2-3-16-10(17-6)18-4-7(9(15)19)8(5-18)11(12,13)14/h2-3,7-8H,4-5H2,1H3,(H2,15,19)/t7-,8-/m1/s1. The number of anilines is 1. The summed E-state index contributed by atoms with van der Waals surface area (Å²) in [4.78, 5) is 20.5. The molecule has 0 aliphatic carbocycles. The van der Waals surface area contributed by atoms with Gasteiger partial charge in [-0.2, -0.15) is 13.2 Å². The van der Waals surface area contributed by atoms with Gasteiger partial charge >= 0.3 is 6.18 Å². The van der Waals surface area contributed by atoms with Crippen LogP contribution in [0.25, 0.3) is 0 Å². The van der Waals surface area contributed by atoms with Crippen LogP contribution in [0.2, 0.25) is 0 Å². The van der Waals surface area contributed by atoms with E-state index in [1.807, 2.05) is 0 Å². The number of alkyl halides is 3. The maximum absolute atomic E-state index is 12.9. The molecular formula is C11H13F3N4O. The van der Waals surface area contributed by atoms with E-state index in [1.54, 1.807) is 13.0 Å². The van der Waals surface area contributed by atoms with Gasteiger partial charge in [-0.05, 0) is 13.0 Å². The summed E-state index contributed by atoms with van der Waals surface area (Å²) in [5, 5.41) is 0. The van der Waals surface area contributed by atoms with Gasteiger partial charge in [-0.25, -0.2) is 9.97 Å². The summed E-state index contributed by atoms with van der Waals surface area (Å²) in [5.74, 6) is -3.78.